The first-order chi connectivity index (χ1) is 18.1. The number of piperidine rings is 1. The first-order valence-electron chi connectivity index (χ1n) is 14.3. The van der Waals surface area contributed by atoms with Crippen molar-refractivity contribution in [2.24, 2.45) is 17.3 Å². The Balaban J connectivity index is 1.50. The number of para-hydroxylation sites is 1. The summed E-state index contributed by atoms with van der Waals surface area (Å²) in [5.74, 6) is 1.52. The third-order valence-corrected chi connectivity index (χ3v) is 8.21. The van der Waals surface area contributed by atoms with Gasteiger partial charge in [-0.25, -0.2) is 0 Å². The van der Waals surface area contributed by atoms with Crippen LogP contribution in [0, 0.1) is 17.3 Å². The Hall–Kier alpha value is -2.61. The fourth-order valence-electron chi connectivity index (χ4n) is 5.88. The standard InChI is InChI=1S/C30H46N4O4/c1-30(2,3)19-28(36)34-21-25-8-5-6-10-26(25)38-17-7-9-24-20-33(29(37)22-34)12-11-23(24)18-27(35)32-15-13-31(4)14-16-32/h5-6,8,10,23-24H,7,9,11-22H2,1-4H3/t23-,24-/m0/s1. The Kier molecular flexibility index (Phi) is 9.34. The summed E-state index contributed by atoms with van der Waals surface area (Å²) in [4.78, 5) is 47.9. The zero-order valence-corrected chi connectivity index (χ0v) is 23.8. The number of rotatable bonds is 3. The number of fused-ring (bicyclic) bond motifs is 3. The van der Waals surface area contributed by atoms with Gasteiger partial charge in [0.05, 0.1) is 6.61 Å². The van der Waals surface area contributed by atoms with Gasteiger partial charge >= 0.3 is 0 Å². The molecule has 0 aromatic heterocycles. The van der Waals surface area contributed by atoms with Crippen LogP contribution in [0.5, 0.6) is 5.75 Å². The fourth-order valence-corrected chi connectivity index (χ4v) is 5.88. The molecule has 0 radical (unpaired) electrons. The molecule has 2 saturated heterocycles. The van der Waals surface area contributed by atoms with Gasteiger partial charge in [0.15, 0.2) is 0 Å². The molecule has 2 fully saturated rings. The fraction of sp³-hybridized carbons (Fsp3) is 0.700. The molecule has 3 aliphatic rings. The van der Waals surface area contributed by atoms with Crippen molar-refractivity contribution in [2.45, 2.75) is 59.4 Å². The van der Waals surface area contributed by atoms with Crippen LogP contribution in [-0.2, 0) is 20.9 Å². The van der Waals surface area contributed by atoms with Crippen molar-refractivity contribution in [3.8, 4) is 5.75 Å². The lowest BCUT2D eigenvalue weighted by molar-refractivity contribution is -0.144. The lowest BCUT2D eigenvalue weighted by Crippen LogP contribution is -2.50. The topological polar surface area (TPSA) is 73.4 Å². The van der Waals surface area contributed by atoms with Crippen LogP contribution in [0.25, 0.3) is 0 Å². The van der Waals surface area contributed by atoms with Gasteiger partial charge in [-0.05, 0) is 49.6 Å². The number of hydrogen-bond donors (Lipinski definition) is 0. The van der Waals surface area contributed by atoms with Gasteiger partial charge in [0, 0.05) is 64.2 Å². The van der Waals surface area contributed by atoms with E-state index in [-0.39, 0.29) is 41.5 Å². The molecule has 3 amide bonds. The van der Waals surface area contributed by atoms with Crippen LogP contribution < -0.4 is 4.74 Å². The Morgan fingerprint density at radius 2 is 1.68 bits per heavy atom. The van der Waals surface area contributed by atoms with Crippen LogP contribution in [0.3, 0.4) is 0 Å². The monoisotopic (exact) mass is 526 g/mol. The maximum atomic E-state index is 13.5. The minimum Gasteiger partial charge on any atom is -0.493 e. The maximum absolute atomic E-state index is 13.5. The summed E-state index contributed by atoms with van der Waals surface area (Å²) in [5.41, 5.74) is 0.757. The van der Waals surface area contributed by atoms with Gasteiger partial charge in [0.1, 0.15) is 12.3 Å². The predicted octanol–water partition coefficient (Wildman–Crippen LogP) is 3.25. The van der Waals surface area contributed by atoms with Gasteiger partial charge in [-0.3, -0.25) is 14.4 Å². The molecular weight excluding hydrogens is 480 g/mol. The quantitative estimate of drug-likeness (QED) is 0.605. The Bertz CT molecular complexity index is 983. The zero-order valence-electron chi connectivity index (χ0n) is 23.8. The molecule has 1 aromatic rings. The summed E-state index contributed by atoms with van der Waals surface area (Å²) in [6.07, 6.45) is 3.54. The molecule has 0 N–H and O–H groups in total. The highest BCUT2D eigenvalue weighted by atomic mass is 16.5. The van der Waals surface area contributed by atoms with Gasteiger partial charge in [-0.15, -0.1) is 0 Å². The van der Waals surface area contributed by atoms with E-state index in [0.29, 0.717) is 39.1 Å². The molecule has 0 unspecified atom stereocenters. The van der Waals surface area contributed by atoms with Crippen molar-refractivity contribution in [3.05, 3.63) is 29.8 Å². The van der Waals surface area contributed by atoms with Crippen molar-refractivity contribution in [1.29, 1.82) is 0 Å². The second kappa shape index (κ2) is 12.5. The molecule has 4 rings (SSSR count). The van der Waals surface area contributed by atoms with Crippen LogP contribution in [0.4, 0.5) is 0 Å². The Morgan fingerprint density at radius 3 is 2.42 bits per heavy atom. The van der Waals surface area contributed by atoms with E-state index in [2.05, 4.69) is 11.9 Å². The lowest BCUT2D eigenvalue weighted by Gasteiger charge is -2.40. The second-order valence-corrected chi connectivity index (χ2v) is 12.6. The molecule has 2 atom stereocenters. The third-order valence-electron chi connectivity index (χ3n) is 8.21. The number of nitrogens with zero attached hydrogens (tertiary/aromatic N) is 4. The summed E-state index contributed by atoms with van der Waals surface area (Å²) in [7, 11) is 2.10. The molecule has 8 heteroatoms. The van der Waals surface area contributed by atoms with Crippen LogP contribution >= 0.6 is 0 Å². The van der Waals surface area contributed by atoms with E-state index in [4.69, 9.17) is 4.74 Å². The summed E-state index contributed by atoms with van der Waals surface area (Å²) in [6.45, 7) is 11.9. The van der Waals surface area contributed by atoms with E-state index in [1.165, 1.54) is 0 Å². The molecule has 3 heterocycles. The van der Waals surface area contributed by atoms with Gasteiger partial charge in [0.25, 0.3) is 0 Å². The normalized spacial score (nSPS) is 24.0. The molecule has 8 nitrogen and oxygen atoms in total. The van der Waals surface area contributed by atoms with Crippen molar-refractivity contribution in [3.63, 3.8) is 0 Å². The Labute approximate surface area is 228 Å². The summed E-state index contributed by atoms with van der Waals surface area (Å²) >= 11 is 0. The van der Waals surface area contributed by atoms with Gasteiger partial charge in [-0.1, -0.05) is 39.0 Å². The van der Waals surface area contributed by atoms with Crippen LogP contribution in [0.15, 0.2) is 24.3 Å². The minimum atomic E-state index is -0.170. The van der Waals surface area contributed by atoms with Crippen LogP contribution in [-0.4, -0.2) is 96.8 Å². The average molecular weight is 527 g/mol. The molecular formula is C30H46N4O4. The zero-order chi connectivity index (χ0) is 27.3. The summed E-state index contributed by atoms with van der Waals surface area (Å²) < 4.78 is 6.20. The first kappa shape index (κ1) is 28.4. The lowest BCUT2D eigenvalue weighted by atomic mass is 9.80. The SMILES string of the molecule is CN1CCN(C(=O)C[C@@H]2CCN3C[C@@H]2CCCOc2ccccc2CN(C(=O)CC(C)(C)C)CC3=O)CC1. The van der Waals surface area contributed by atoms with E-state index in [9.17, 15) is 14.4 Å². The van der Waals surface area contributed by atoms with E-state index >= 15 is 0 Å². The largest absolute Gasteiger partial charge is 0.493 e. The molecule has 210 valence electrons. The number of likely N-dealkylation sites (N-methyl/N-ethyl adjacent to an activating group) is 1. The number of benzene rings is 1. The highest BCUT2D eigenvalue weighted by Gasteiger charge is 2.35. The van der Waals surface area contributed by atoms with Crippen molar-refractivity contribution < 1.29 is 19.1 Å². The van der Waals surface area contributed by atoms with E-state index in [0.717, 1.165) is 56.8 Å². The number of carbonyl (C=O) groups is 3. The number of amides is 3. The molecule has 0 aliphatic carbocycles. The Morgan fingerprint density at radius 1 is 0.947 bits per heavy atom. The van der Waals surface area contributed by atoms with E-state index in [1.807, 2.05) is 54.8 Å². The third kappa shape index (κ3) is 7.71. The van der Waals surface area contributed by atoms with Gasteiger partial charge in [0.2, 0.25) is 17.7 Å². The maximum Gasteiger partial charge on any atom is 0.242 e. The van der Waals surface area contributed by atoms with Gasteiger partial charge < -0.3 is 24.3 Å². The van der Waals surface area contributed by atoms with Crippen molar-refractivity contribution >= 4 is 17.7 Å². The van der Waals surface area contributed by atoms with Crippen LogP contribution in [0.1, 0.15) is 58.4 Å². The summed E-state index contributed by atoms with van der Waals surface area (Å²) in [6, 6.07) is 7.83. The first-order valence-corrected chi connectivity index (χ1v) is 14.3. The number of carbonyl (C=O) groups excluding carboxylic acids is 3. The molecule has 0 saturated carbocycles. The highest BCUT2D eigenvalue weighted by Crippen LogP contribution is 2.32. The van der Waals surface area contributed by atoms with E-state index in [1.54, 1.807) is 4.90 Å². The molecule has 1 aromatic carbocycles. The van der Waals surface area contributed by atoms with Crippen LogP contribution in [0.2, 0.25) is 0 Å². The molecule has 0 spiro atoms. The highest BCUT2D eigenvalue weighted by molar-refractivity contribution is 5.85. The second-order valence-electron chi connectivity index (χ2n) is 12.6. The van der Waals surface area contributed by atoms with Crippen molar-refractivity contribution in [1.82, 2.24) is 19.6 Å². The predicted molar refractivity (Wildman–Crippen MR) is 148 cm³/mol. The number of ether oxygens (including phenoxy) is 1. The van der Waals surface area contributed by atoms with Gasteiger partial charge in [-0.2, -0.15) is 0 Å². The van der Waals surface area contributed by atoms with Crippen molar-refractivity contribution in [2.75, 3.05) is 59.5 Å². The van der Waals surface area contributed by atoms with E-state index < -0.39 is 0 Å². The molecule has 38 heavy (non-hydrogen) atoms. The smallest absolute Gasteiger partial charge is 0.242 e. The number of piperazine rings is 1. The molecule has 3 aliphatic heterocycles. The number of hydrogen-bond acceptors (Lipinski definition) is 5. The molecule has 2 bridgehead atoms. The average Bonchev–Trinajstić information content (AvgIpc) is 2.87. The summed E-state index contributed by atoms with van der Waals surface area (Å²) in [5, 5.41) is 0. The minimum absolute atomic E-state index is 0.00116.